The monoisotopic (exact) mass is 442 g/mol. The van der Waals surface area contributed by atoms with Crippen LogP contribution in [0.25, 0.3) is 0 Å². The molecular formula is C20H21Cl3N2OS. The molecule has 0 aromatic heterocycles. The van der Waals surface area contributed by atoms with E-state index < -0.39 is 5.25 Å². The molecule has 0 spiro atoms. The zero-order chi connectivity index (χ0) is 19.6. The first-order valence-corrected chi connectivity index (χ1v) is 10.4. The van der Waals surface area contributed by atoms with Gasteiger partial charge in [-0.3, -0.25) is 4.90 Å². The Morgan fingerprint density at radius 1 is 1.00 bits per heavy atom. The van der Waals surface area contributed by atoms with Crippen molar-refractivity contribution in [1.29, 1.82) is 0 Å². The minimum Gasteiger partial charge on any atom is -0.369 e. The van der Waals surface area contributed by atoms with Gasteiger partial charge in [0.2, 0.25) is 0 Å². The SMILES string of the molecule is Cc1ccc(Cl)cc1N1CCN(C(c2ccc(Cl)cc2Cl)C(S)C=O)CC1. The smallest absolute Gasteiger partial charge is 0.134 e. The third kappa shape index (κ3) is 4.75. The molecule has 27 heavy (non-hydrogen) atoms. The number of piperazine rings is 1. The lowest BCUT2D eigenvalue weighted by molar-refractivity contribution is -0.108. The molecule has 0 amide bonds. The second-order valence-corrected chi connectivity index (χ2v) is 8.57. The molecule has 0 aliphatic carbocycles. The summed E-state index contributed by atoms with van der Waals surface area (Å²) >= 11 is 23.1. The van der Waals surface area contributed by atoms with Crippen LogP contribution >= 0.6 is 47.4 Å². The number of anilines is 1. The topological polar surface area (TPSA) is 23.6 Å². The zero-order valence-electron chi connectivity index (χ0n) is 14.9. The molecule has 2 aromatic carbocycles. The van der Waals surface area contributed by atoms with E-state index in [1.807, 2.05) is 24.3 Å². The summed E-state index contributed by atoms with van der Waals surface area (Å²) in [7, 11) is 0. The molecule has 7 heteroatoms. The van der Waals surface area contributed by atoms with E-state index >= 15 is 0 Å². The number of hydrogen-bond acceptors (Lipinski definition) is 4. The minimum absolute atomic E-state index is 0.196. The average Bonchev–Trinajstić information content (AvgIpc) is 2.66. The van der Waals surface area contributed by atoms with Crippen molar-refractivity contribution in [3.05, 3.63) is 62.6 Å². The van der Waals surface area contributed by atoms with Crippen LogP contribution < -0.4 is 4.90 Å². The van der Waals surface area contributed by atoms with Crippen LogP contribution in [0.1, 0.15) is 17.2 Å². The highest BCUT2D eigenvalue weighted by Crippen LogP contribution is 2.35. The standard InChI is InChI=1S/C20H21Cl3N2OS/c1-13-2-3-15(22)11-18(13)24-6-8-25(9-7-24)20(19(27)12-26)16-5-4-14(21)10-17(16)23/h2-5,10-12,19-20,27H,6-9H2,1H3. The maximum absolute atomic E-state index is 11.5. The summed E-state index contributed by atoms with van der Waals surface area (Å²) in [6, 6.07) is 11.1. The minimum atomic E-state index is -0.469. The van der Waals surface area contributed by atoms with Gasteiger partial charge in [0.15, 0.2) is 0 Å². The Bertz CT molecular complexity index is 825. The van der Waals surface area contributed by atoms with E-state index in [0.29, 0.717) is 10.0 Å². The van der Waals surface area contributed by atoms with Crippen LogP contribution in [0.3, 0.4) is 0 Å². The number of aldehydes is 1. The second-order valence-electron chi connectivity index (χ2n) is 6.69. The fourth-order valence-corrected chi connectivity index (χ4v) is 4.61. The van der Waals surface area contributed by atoms with E-state index in [0.717, 1.165) is 48.7 Å². The van der Waals surface area contributed by atoms with Gasteiger partial charge in [-0.05, 0) is 42.3 Å². The quantitative estimate of drug-likeness (QED) is 0.500. The van der Waals surface area contributed by atoms with Crippen molar-refractivity contribution < 1.29 is 4.79 Å². The van der Waals surface area contributed by atoms with Crippen LogP contribution in [-0.2, 0) is 4.79 Å². The van der Waals surface area contributed by atoms with Crippen molar-refractivity contribution in [2.45, 2.75) is 18.2 Å². The summed E-state index contributed by atoms with van der Waals surface area (Å²) < 4.78 is 0. The largest absolute Gasteiger partial charge is 0.369 e. The maximum Gasteiger partial charge on any atom is 0.134 e. The Hall–Kier alpha value is -0.910. The summed E-state index contributed by atoms with van der Waals surface area (Å²) in [5.74, 6) is 0. The van der Waals surface area contributed by atoms with Gasteiger partial charge in [-0.25, -0.2) is 0 Å². The molecule has 0 N–H and O–H groups in total. The van der Waals surface area contributed by atoms with Crippen molar-refractivity contribution >= 4 is 59.4 Å². The first kappa shape index (κ1) is 20.8. The summed E-state index contributed by atoms with van der Waals surface area (Å²) in [6.07, 6.45) is 0.867. The number of halogens is 3. The van der Waals surface area contributed by atoms with Crippen LogP contribution in [0.15, 0.2) is 36.4 Å². The number of nitrogens with zero attached hydrogens (tertiary/aromatic N) is 2. The predicted molar refractivity (Wildman–Crippen MR) is 118 cm³/mol. The van der Waals surface area contributed by atoms with Crippen molar-refractivity contribution in [2.24, 2.45) is 0 Å². The summed E-state index contributed by atoms with van der Waals surface area (Å²) in [5, 5.41) is 1.40. The van der Waals surface area contributed by atoms with Crippen LogP contribution in [0.2, 0.25) is 15.1 Å². The number of aryl methyl sites for hydroxylation is 1. The van der Waals surface area contributed by atoms with Gasteiger partial charge in [-0.2, -0.15) is 12.6 Å². The molecular weight excluding hydrogens is 423 g/mol. The van der Waals surface area contributed by atoms with Crippen molar-refractivity contribution in [3.63, 3.8) is 0 Å². The first-order valence-electron chi connectivity index (χ1n) is 8.74. The van der Waals surface area contributed by atoms with Crippen LogP contribution in [0, 0.1) is 6.92 Å². The van der Waals surface area contributed by atoms with Crippen molar-refractivity contribution in [2.75, 3.05) is 31.1 Å². The van der Waals surface area contributed by atoms with Crippen LogP contribution in [0.5, 0.6) is 0 Å². The molecule has 2 atom stereocenters. The summed E-state index contributed by atoms with van der Waals surface area (Å²) in [5.41, 5.74) is 3.23. The molecule has 0 radical (unpaired) electrons. The molecule has 3 nitrogen and oxygen atoms in total. The average molecular weight is 444 g/mol. The lowest BCUT2D eigenvalue weighted by Gasteiger charge is -2.42. The summed E-state index contributed by atoms with van der Waals surface area (Å²) in [4.78, 5) is 16.1. The number of carbonyl (C=O) groups excluding carboxylic acids is 1. The normalized spacial score (nSPS) is 17.6. The number of hydrogen-bond donors (Lipinski definition) is 1. The third-order valence-electron chi connectivity index (χ3n) is 4.96. The lowest BCUT2D eigenvalue weighted by atomic mass is 10.0. The highest BCUT2D eigenvalue weighted by atomic mass is 35.5. The number of rotatable bonds is 5. The molecule has 0 bridgehead atoms. The van der Waals surface area contributed by atoms with Crippen LogP contribution in [0.4, 0.5) is 5.69 Å². The van der Waals surface area contributed by atoms with Gasteiger partial charge in [0.05, 0.1) is 11.3 Å². The fraction of sp³-hybridized carbons (Fsp3) is 0.350. The van der Waals surface area contributed by atoms with Gasteiger partial charge < -0.3 is 9.69 Å². The molecule has 1 heterocycles. The molecule has 2 aromatic rings. The van der Waals surface area contributed by atoms with E-state index in [9.17, 15) is 4.79 Å². The molecule has 1 saturated heterocycles. The fourth-order valence-electron chi connectivity index (χ4n) is 3.58. The number of benzene rings is 2. The van der Waals surface area contributed by atoms with Gasteiger partial charge in [0.1, 0.15) is 6.29 Å². The Kier molecular flexibility index (Phi) is 6.98. The number of carbonyl (C=O) groups is 1. The summed E-state index contributed by atoms with van der Waals surface area (Å²) in [6.45, 7) is 5.34. The molecule has 0 saturated carbocycles. The third-order valence-corrected chi connectivity index (χ3v) is 6.17. The highest BCUT2D eigenvalue weighted by molar-refractivity contribution is 7.81. The lowest BCUT2D eigenvalue weighted by Crippen LogP contribution is -2.49. The van der Waals surface area contributed by atoms with Gasteiger partial charge in [0, 0.05) is 46.9 Å². The Balaban J connectivity index is 1.80. The van der Waals surface area contributed by atoms with E-state index in [-0.39, 0.29) is 6.04 Å². The van der Waals surface area contributed by atoms with Crippen molar-refractivity contribution in [3.8, 4) is 0 Å². The molecule has 1 aliphatic rings. The van der Waals surface area contributed by atoms with Gasteiger partial charge in [-0.15, -0.1) is 0 Å². The van der Waals surface area contributed by atoms with E-state index in [1.54, 1.807) is 12.1 Å². The van der Waals surface area contributed by atoms with Crippen molar-refractivity contribution in [1.82, 2.24) is 4.90 Å². The highest BCUT2D eigenvalue weighted by Gasteiger charge is 2.31. The molecule has 144 valence electrons. The maximum atomic E-state index is 11.5. The molecule has 3 rings (SSSR count). The Morgan fingerprint density at radius 3 is 2.26 bits per heavy atom. The van der Waals surface area contributed by atoms with E-state index in [2.05, 4.69) is 29.4 Å². The predicted octanol–water partition coefficient (Wildman–Crippen LogP) is 5.32. The van der Waals surface area contributed by atoms with E-state index in [1.165, 1.54) is 5.56 Å². The second kappa shape index (κ2) is 9.06. The van der Waals surface area contributed by atoms with Gasteiger partial charge in [-0.1, -0.05) is 46.9 Å². The zero-order valence-corrected chi connectivity index (χ0v) is 18.1. The van der Waals surface area contributed by atoms with Gasteiger partial charge >= 0.3 is 0 Å². The van der Waals surface area contributed by atoms with Crippen LogP contribution in [-0.4, -0.2) is 42.6 Å². The van der Waals surface area contributed by atoms with E-state index in [4.69, 9.17) is 34.8 Å². The number of thiol groups is 1. The molecule has 2 unspecified atom stereocenters. The first-order chi connectivity index (χ1) is 12.9. The molecule has 1 aliphatic heterocycles. The molecule has 1 fully saturated rings. The Morgan fingerprint density at radius 2 is 1.63 bits per heavy atom. The van der Waals surface area contributed by atoms with Gasteiger partial charge in [0.25, 0.3) is 0 Å². The Labute approximate surface area is 180 Å².